The molecular formula is C23H18F2N6O3. The Morgan fingerprint density at radius 3 is 2.62 bits per heavy atom. The average molecular weight is 464 g/mol. The zero-order chi connectivity index (χ0) is 23.4. The van der Waals surface area contributed by atoms with Crippen molar-refractivity contribution in [1.82, 2.24) is 24.9 Å². The van der Waals surface area contributed by atoms with E-state index in [1.165, 1.54) is 12.3 Å². The first-order valence-corrected chi connectivity index (χ1v) is 10.7. The first kappa shape index (κ1) is 20.5. The highest BCUT2D eigenvalue weighted by molar-refractivity contribution is 5.75. The zero-order valence-corrected chi connectivity index (χ0v) is 17.7. The Balaban J connectivity index is 1.34. The summed E-state index contributed by atoms with van der Waals surface area (Å²) in [7, 11) is 0. The maximum absolute atomic E-state index is 14.6. The van der Waals surface area contributed by atoms with Crippen LogP contribution < -0.4 is 4.90 Å². The summed E-state index contributed by atoms with van der Waals surface area (Å²) in [6.07, 6.45) is 2.51. The minimum atomic E-state index is -0.806. The molecule has 1 saturated carbocycles. The molecule has 1 aliphatic heterocycles. The molecule has 0 spiro atoms. The number of aromatic nitrogens is 5. The standard InChI is InChI=1S/C23H18F2N6O3/c24-15-4-2-1-3-12(15)9-31-19(17-5-6-34-29-17)7-18(28-31)21-26-8-16(25)22(27-21)30-10-13-14(11-30)20(13)23(32)33/h1-8,13-14,20H,9-11H2,(H,32,33)/t13-,14+,20?. The molecule has 2 fully saturated rings. The van der Waals surface area contributed by atoms with E-state index in [1.807, 2.05) is 0 Å². The quantitative estimate of drug-likeness (QED) is 0.464. The van der Waals surface area contributed by atoms with Crippen molar-refractivity contribution in [3.63, 3.8) is 0 Å². The van der Waals surface area contributed by atoms with Gasteiger partial charge in [-0.15, -0.1) is 0 Å². The van der Waals surface area contributed by atoms with Crippen LogP contribution in [0.25, 0.3) is 22.9 Å². The lowest BCUT2D eigenvalue weighted by atomic mass is 10.2. The fraction of sp³-hybridized carbons (Fsp3) is 0.261. The van der Waals surface area contributed by atoms with Crippen molar-refractivity contribution >= 4 is 11.8 Å². The number of carboxylic acids is 1. The molecule has 0 bridgehead atoms. The van der Waals surface area contributed by atoms with Gasteiger partial charge in [-0.05, 0) is 24.0 Å². The molecule has 172 valence electrons. The lowest BCUT2D eigenvalue weighted by Crippen LogP contribution is -2.27. The fourth-order valence-corrected chi connectivity index (χ4v) is 4.75. The molecule has 1 unspecified atom stereocenters. The van der Waals surface area contributed by atoms with E-state index in [-0.39, 0.29) is 41.8 Å². The van der Waals surface area contributed by atoms with E-state index in [0.717, 1.165) is 6.20 Å². The van der Waals surface area contributed by atoms with Crippen LogP contribution in [0, 0.1) is 29.4 Å². The molecule has 4 aromatic rings. The first-order valence-electron chi connectivity index (χ1n) is 10.7. The average Bonchev–Trinajstić information content (AvgIpc) is 3.28. The Morgan fingerprint density at radius 2 is 1.91 bits per heavy atom. The summed E-state index contributed by atoms with van der Waals surface area (Å²) in [4.78, 5) is 21.5. The fourth-order valence-electron chi connectivity index (χ4n) is 4.75. The van der Waals surface area contributed by atoms with Gasteiger partial charge in [-0.2, -0.15) is 5.10 Å². The van der Waals surface area contributed by atoms with Gasteiger partial charge in [-0.1, -0.05) is 23.4 Å². The number of halogens is 2. The molecule has 1 aliphatic carbocycles. The summed E-state index contributed by atoms with van der Waals surface area (Å²) >= 11 is 0. The van der Waals surface area contributed by atoms with E-state index < -0.39 is 11.8 Å². The Hall–Kier alpha value is -4.15. The van der Waals surface area contributed by atoms with Crippen molar-refractivity contribution in [3.8, 4) is 22.9 Å². The third-order valence-corrected chi connectivity index (χ3v) is 6.49. The highest BCUT2D eigenvalue weighted by Crippen LogP contribution is 2.52. The summed E-state index contributed by atoms with van der Waals surface area (Å²) in [6, 6.07) is 9.74. The second-order valence-corrected chi connectivity index (χ2v) is 8.51. The van der Waals surface area contributed by atoms with Gasteiger partial charge >= 0.3 is 5.97 Å². The summed E-state index contributed by atoms with van der Waals surface area (Å²) in [5.74, 6) is -1.78. The van der Waals surface area contributed by atoms with E-state index in [1.54, 1.807) is 39.9 Å². The van der Waals surface area contributed by atoms with E-state index >= 15 is 0 Å². The van der Waals surface area contributed by atoms with Crippen LogP contribution in [0.3, 0.4) is 0 Å². The highest BCUT2D eigenvalue weighted by atomic mass is 19.1. The van der Waals surface area contributed by atoms with Crippen molar-refractivity contribution in [2.45, 2.75) is 6.54 Å². The molecule has 9 nitrogen and oxygen atoms in total. The predicted molar refractivity (Wildman–Crippen MR) is 115 cm³/mol. The maximum atomic E-state index is 14.6. The van der Waals surface area contributed by atoms with Gasteiger partial charge in [0.25, 0.3) is 0 Å². The summed E-state index contributed by atoms with van der Waals surface area (Å²) in [5, 5.41) is 17.7. The molecule has 1 aromatic carbocycles. The van der Waals surface area contributed by atoms with E-state index in [2.05, 4.69) is 20.2 Å². The SMILES string of the molecule is O=C(O)C1[C@H]2CN(c3nc(-c4cc(-c5ccon5)n(Cc5ccccc5F)n4)ncc3F)C[C@@H]12. The van der Waals surface area contributed by atoms with Crippen LogP contribution in [0.1, 0.15) is 5.56 Å². The van der Waals surface area contributed by atoms with Crippen LogP contribution >= 0.6 is 0 Å². The molecule has 0 amide bonds. The molecule has 34 heavy (non-hydrogen) atoms. The number of aliphatic carboxylic acids is 1. The second-order valence-electron chi connectivity index (χ2n) is 8.51. The molecule has 6 rings (SSSR count). The molecule has 4 heterocycles. The summed E-state index contributed by atoms with van der Waals surface area (Å²) < 4.78 is 35.4. The van der Waals surface area contributed by atoms with Gasteiger partial charge in [0.1, 0.15) is 23.5 Å². The van der Waals surface area contributed by atoms with Gasteiger partial charge in [0.05, 0.1) is 24.4 Å². The van der Waals surface area contributed by atoms with E-state index in [0.29, 0.717) is 35.7 Å². The minimum Gasteiger partial charge on any atom is -0.481 e. The number of piperidine rings is 1. The number of hydrogen-bond donors (Lipinski definition) is 1. The lowest BCUT2D eigenvalue weighted by molar-refractivity contribution is -0.139. The van der Waals surface area contributed by atoms with Crippen molar-refractivity contribution in [1.29, 1.82) is 0 Å². The monoisotopic (exact) mass is 464 g/mol. The molecular weight excluding hydrogens is 446 g/mol. The smallest absolute Gasteiger partial charge is 0.307 e. The lowest BCUT2D eigenvalue weighted by Gasteiger charge is -2.20. The Bertz CT molecular complexity index is 1380. The molecule has 1 saturated heterocycles. The topological polar surface area (TPSA) is 110 Å². The van der Waals surface area contributed by atoms with Crippen molar-refractivity contribution in [3.05, 3.63) is 66.1 Å². The van der Waals surface area contributed by atoms with E-state index in [4.69, 9.17) is 4.52 Å². The number of carbonyl (C=O) groups is 1. The molecule has 3 atom stereocenters. The largest absolute Gasteiger partial charge is 0.481 e. The van der Waals surface area contributed by atoms with Crippen LogP contribution in [-0.2, 0) is 11.3 Å². The predicted octanol–water partition coefficient (Wildman–Crippen LogP) is 3.09. The summed E-state index contributed by atoms with van der Waals surface area (Å²) in [5.41, 5.74) is 1.86. The zero-order valence-electron chi connectivity index (χ0n) is 17.7. The van der Waals surface area contributed by atoms with Crippen LogP contribution in [0.15, 0.2) is 53.4 Å². The van der Waals surface area contributed by atoms with Crippen molar-refractivity contribution in [2.24, 2.45) is 17.8 Å². The third kappa shape index (κ3) is 3.40. The molecule has 0 radical (unpaired) electrons. The number of hydrogen-bond acceptors (Lipinski definition) is 7. The summed E-state index contributed by atoms with van der Waals surface area (Å²) in [6.45, 7) is 0.997. The van der Waals surface area contributed by atoms with Crippen LogP contribution in [0.2, 0.25) is 0 Å². The number of rotatable bonds is 6. The van der Waals surface area contributed by atoms with Crippen molar-refractivity contribution in [2.75, 3.05) is 18.0 Å². The van der Waals surface area contributed by atoms with Gasteiger partial charge in [0, 0.05) is 24.7 Å². The van der Waals surface area contributed by atoms with Gasteiger partial charge in [0.15, 0.2) is 17.5 Å². The first-order chi connectivity index (χ1) is 16.5. The van der Waals surface area contributed by atoms with Crippen molar-refractivity contribution < 1.29 is 23.2 Å². The number of anilines is 1. The van der Waals surface area contributed by atoms with Crippen LogP contribution in [-0.4, -0.2) is 49.1 Å². The molecule has 11 heteroatoms. The Morgan fingerprint density at radius 1 is 1.12 bits per heavy atom. The molecule has 3 aromatic heterocycles. The van der Waals surface area contributed by atoms with Crippen LogP contribution in [0.5, 0.6) is 0 Å². The molecule has 2 aliphatic rings. The Labute approximate surface area is 191 Å². The van der Waals surface area contributed by atoms with Gasteiger partial charge in [-0.3, -0.25) is 9.48 Å². The number of fused-ring (bicyclic) bond motifs is 1. The number of benzene rings is 1. The minimum absolute atomic E-state index is 0.00839. The van der Waals surface area contributed by atoms with E-state index in [9.17, 15) is 18.7 Å². The normalized spacial score (nSPS) is 21.0. The third-order valence-electron chi connectivity index (χ3n) is 6.49. The van der Waals surface area contributed by atoms with Gasteiger partial charge in [0.2, 0.25) is 0 Å². The van der Waals surface area contributed by atoms with Gasteiger partial charge in [-0.25, -0.2) is 18.7 Å². The maximum Gasteiger partial charge on any atom is 0.307 e. The van der Waals surface area contributed by atoms with Crippen LogP contribution in [0.4, 0.5) is 14.6 Å². The number of carboxylic acid groups (broad SMARTS) is 1. The second kappa shape index (κ2) is 7.72. The highest BCUT2D eigenvalue weighted by Gasteiger charge is 2.60. The Kier molecular flexibility index (Phi) is 4.64. The van der Waals surface area contributed by atoms with Gasteiger partial charge < -0.3 is 14.5 Å². The number of nitrogens with zero attached hydrogens (tertiary/aromatic N) is 6. The molecule has 1 N–H and O–H groups in total.